The van der Waals surface area contributed by atoms with Crippen molar-refractivity contribution in [3.05, 3.63) is 11.7 Å². The number of rotatable bonds is 5. The van der Waals surface area contributed by atoms with Crippen LogP contribution in [-0.2, 0) is 15.1 Å². The highest BCUT2D eigenvalue weighted by Crippen LogP contribution is 2.36. The Kier molecular flexibility index (Phi) is 5.10. The van der Waals surface area contributed by atoms with Crippen molar-refractivity contribution in [2.24, 2.45) is 0 Å². The van der Waals surface area contributed by atoms with Crippen molar-refractivity contribution in [2.75, 3.05) is 40.0 Å². The van der Waals surface area contributed by atoms with E-state index in [2.05, 4.69) is 17.0 Å². The van der Waals surface area contributed by atoms with Gasteiger partial charge >= 0.3 is 0 Å². The molecule has 0 N–H and O–H groups in total. The molecule has 0 bridgehead atoms. The lowest BCUT2D eigenvalue weighted by Crippen LogP contribution is -2.44. The molecule has 0 radical (unpaired) electrons. The van der Waals surface area contributed by atoms with E-state index < -0.39 is 5.60 Å². The van der Waals surface area contributed by atoms with E-state index in [0.29, 0.717) is 11.8 Å². The van der Waals surface area contributed by atoms with Gasteiger partial charge in [-0.1, -0.05) is 12.1 Å². The van der Waals surface area contributed by atoms with Gasteiger partial charge in [-0.3, -0.25) is 0 Å². The van der Waals surface area contributed by atoms with Gasteiger partial charge in [-0.25, -0.2) is 0 Å². The van der Waals surface area contributed by atoms with Crippen molar-refractivity contribution in [3.8, 4) is 0 Å². The highest BCUT2D eigenvalue weighted by Gasteiger charge is 2.41. The second kappa shape index (κ2) is 7.06. The molecule has 124 valence electrons. The van der Waals surface area contributed by atoms with E-state index >= 15 is 0 Å². The van der Waals surface area contributed by atoms with E-state index in [-0.39, 0.29) is 0 Å². The Morgan fingerprint density at radius 3 is 2.64 bits per heavy atom. The highest BCUT2D eigenvalue weighted by molar-refractivity contribution is 5.05. The molecule has 0 amide bonds. The van der Waals surface area contributed by atoms with Gasteiger partial charge in [0.25, 0.3) is 5.89 Å². The molecule has 1 aromatic heterocycles. The number of hydrogen-bond acceptors (Lipinski definition) is 6. The van der Waals surface area contributed by atoms with Crippen LogP contribution in [0.15, 0.2) is 4.52 Å². The summed E-state index contributed by atoms with van der Waals surface area (Å²) in [6.07, 6.45) is 4.97. The molecule has 2 aliphatic heterocycles. The number of hydrogen-bond donors (Lipinski definition) is 0. The van der Waals surface area contributed by atoms with Gasteiger partial charge in [0.05, 0.1) is 0 Å². The van der Waals surface area contributed by atoms with E-state index in [1.165, 1.54) is 6.42 Å². The second-order valence-electron chi connectivity index (χ2n) is 6.38. The fraction of sp³-hybridized carbons (Fsp3) is 0.875. The summed E-state index contributed by atoms with van der Waals surface area (Å²) >= 11 is 0. The molecule has 3 rings (SSSR count). The molecule has 6 nitrogen and oxygen atoms in total. The first-order valence-corrected chi connectivity index (χ1v) is 8.47. The molecule has 0 saturated carbocycles. The first-order chi connectivity index (χ1) is 10.8. The second-order valence-corrected chi connectivity index (χ2v) is 6.38. The molecule has 22 heavy (non-hydrogen) atoms. The molecule has 0 atom stereocenters. The van der Waals surface area contributed by atoms with Crippen LogP contribution in [0.2, 0.25) is 0 Å². The van der Waals surface area contributed by atoms with Gasteiger partial charge < -0.3 is 18.9 Å². The average molecular weight is 309 g/mol. The van der Waals surface area contributed by atoms with Crippen LogP contribution < -0.4 is 0 Å². The van der Waals surface area contributed by atoms with Gasteiger partial charge in [-0.15, -0.1) is 0 Å². The van der Waals surface area contributed by atoms with E-state index in [0.717, 1.165) is 64.4 Å². The Morgan fingerprint density at radius 1 is 1.27 bits per heavy atom. The Bertz CT molecular complexity index is 463. The molecule has 1 aromatic rings. The van der Waals surface area contributed by atoms with Crippen LogP contribution in [0.25, 0.3) is 0 Å². The number of likely N-dealkylation sites (tertiary alicyclic amines) is 1. The minimum Gasteiger partial charge on any atom is -0.381 e. The SMILES string of the molecule is CCCN1CCC(OC)(c2nc(C3CCOCC3)no2)CC1. The van der Waals surface area contributed by atoms with Gasteiger partial charge in [0.2, 0.25) is 0 Å². The predicted molar refractivity (Wildman–Crippen MR) is 81.7 cm³/mol. The molecule has 0 aromatic carbocycles. The summed E-state index contributed by atoms with van der Waals surface area (Å²) in [6, 6.07) is 0. The van der Waals surface area contributed by atoms with Crippen molar-refractivity contribution < 1.29 is 14.0 Å². The topological polar surface area (TPSA) is 60.6 Å². The third kappa shape index (κ3) is 3.19. The summed E-state index contributed by atoms with van der Waals surface area (Å²) in [5.74, 6) is 1.85. The molecular formula is C16H27N3O3. The van der Waals surface area contributed by atoms with Crippen LogP contribution in [0.5, 0.6) is 0 Å². The number of nitrogens with zero attached hydrogens (tertiary/aromatic N) is 3. The molecule has 2 aliphatic rings. The number of aromatic nitrogens is 2. The Morgan fingerprint density at radius 2 is 2.00 bits per heavy atom. The zero-order valence-electron chi connectivity index (χ0n) is 13.7. The lowest BCUT2D eigenvalue weighted by atomic mass is 9.90. The van der Waals surface area contributed by atoms with Crippen LogP contribution >= 0.6 is 0 Å². The zero-order valence-corrected chi connectivity index (χ0v) is 13.7. The van der Waals surface area contributed by atoms with Crippen LogP contribution in [0.4, 0.5) is 0 Å². The monoisotopic (exact) mass is 309 g/mol. The third-order valence-electron chi connectivity index (χ3n) is 5.01. The maximum atomic E-state index is 5.84. The van der Waals surface area contributed by atoms with E-state index in [1.54, 1.807) is 7.11 Å². The lowest BCUT2D eigenvalue weighted by molar-refractivity contribution is -0.0826. The molecule has 0 unspecified atom stereocenters. The maximum Gasteiger partial charge on any atom is 0.258 e. The molecule has 2 saturated heterocycles. The average Bonchev–Trinajstić information content (AvgIpc) is 3.08. The first-order valence-electron chi connectivity index (χ1n) is 8.47. The third-order valence-corrected chi connectivity index (χ3v) is 5.01. The minimum atomic E-state index is -0.402. The molecule has 6 heteroatoms. The first kappa shape index (κ1) is 15.9. The van der Waals surface area contributed by atoms with Crippen molar-refractivity contribution in [3.63, 3.8) is 0 Å². The van der Waals surface area contributed by atoms with Crippen molar-refractivity contribution in [1.82, 2.24) is 15.0 Å². The van der Waals surface area contributed by atoms with Crippen molar-refractivity contribution in [1.29, 1.82) is 0 Å². The van der Waals surface area contributed by atoms with Gasteiger partial charge in [-0.05, 0) is 38.6 Å². The van der Waals surface area contributed by atoms with Crippen LogP contribution in [-0.4, -0.2) is 55.0 Å². The van der Waals surface area contributed by atoms with Crippen molar-refractivity contribution in [2.45, 2.75) is 50.5 Å². The molecule has 0 spiro atoms. The predicted octanol–water partition coefficient (Wildman–Crippen LogP) is 2.31. The smallest absolute Gasteiger partial charge is 0.258 e. The van der Waals surface area contributed by atoms with E-state index in [9.17, 15) is 0 Å². The zero-order chi connectivity index (χ0) is 15.4. The Balaban J connectivity index is 1.70. The summed E-state index contributed by atoms with van der Waals surface area (Å²) in [5, 5.41) is 4.23. The van der Waals surface area contributed by atoms with Crippen LogP contribution in [0.1, 0.15) is 56.7 Å². The van der Waals surface area contributed by atoms with Crippen LogP contribution in [0, 0.1) is 0 Å². The van der Waals surface area contributed by atoms with Gasteiger partial charge in [0.15, 0.2) is 5.82 Å². The van der Waals surface area contributed by atoms with E-state index in [1.807, 2.05) is 0 Å². The summed E-state index contributed by atoms with van der Waals surface area (Å²) in [4.78, 5) is 7.17. The highest BCUT2D eigenvalue weighted by atomic mass is 16.5. The summed E-state index contributed by atoms with van der Waals surface area (Å²) in [7, 11) is 1.76. The maximum absolute atomic E-state index is 5.84. The normalized spacial score (nSPS) is 23.7. The van der Waals surface area contributed by atoms with Gasteiger partial charge in [0.1, 0.15) is 5.60 Å². The summed E-state index contributed by atoms with van der Waals surface area (Å²) in [5.41, 5.74) is -0.402. The molecule has 3 heterocycles. The minimum absolute atomic E-state index is 0.361. The molecule has 2 fully saturated rings. The number of piperidine rings is 1. The fourth-order valence-corrected chi connectivity index (χ4v) is 3.50. The fourth-order valence-electron chi connectivity index (χ4n) is 3.50. The number of methoxy groups -OCH3 is 1. The van der Waals surface area contributed by atoms with Gasteiger partial charge in [0, 0.05) is 39.3 Å². The standard InChI is InChI=1S/C16H27N3O3/c1-3-8-19-9-6-16(20-2,7-10-19)15-17-14(18-22-15)13-4-11-21-12-5-13/h13H,3-12H2,1-2H3. The van der Waals surface area contributed by atoms with Gasteiger partial charge in [-0.2, -0.15) is 4.98 Å². The lowest BCUT2D eigenvalue weighted by Gasteiger charge is -2.38. The Hall–Kier alpha value is -0.980. The molecule has 0 aliphatic carbocycles. The largest absolute Gasteiger partial charge is 0.381 e. The molecular weight excluding hydrogens is 282 g/mol. The summed E-state index contributed by atoms with van der Waals surface area (Å²) in [6.45, 7) is 6.99. The van der Waals surface area contributed by atoms with E-state index in [4.69, 9.17) is 19.0 Å². The number of ether oxygens (including phenoxy) is 2. The summed E-state index contributed by atoms with van der Waals surface area (Å²) < 4.78 is 16.8. The quantitative estimate of drug-likeness (QED) is 0.832. The van der Waals surface area contributed by atoms with Crippen LogP contribution in [0.3, 0.4) is 0 Å². The van der Waals surface area contributed by atoms with Crippen molar-refractivity contribution >= 4 is 0 Å². The Labute approximate surface area is 132 Å².